The monoisotopic (exact) mass is 270 g/mol. The van der Waals surface area contributed by atoms with Crippen molar-refractivity contribution >= 4 is 21.7 Å². The molecule has 82 valence electrons. The molecule has 3 nitrogen and oxygen atoms in total. The highest BCUT2D eigenvalue weighted by Crippen LogP contribution is 2.26. The van der Waals surface area contributed by atoms with Crippen molar-refractivity contribution in [2.45, 2.75) is 19.4 Å². The third-order valence-electron chi connectivity index (χ3n) is 2.71. The largest absolute Gasteiger partial charge is 0.377 e. The smallest absolute Gasteiger partial charge is 0.143 e. The molecule has 0 aromatic carbocycles. The van der Waals surface area contributed by atoms with E-state index < -0.39 is 0 Å². The van der Waals surface area contributed by atoms with E-state index in [0.717, 1.165) is 36.5 Å². The molecule has 1 saturated heterocycles. The van der Waals surface area contributed by atoms with Gasteiger partial charge in [0.05, 0.1) is 23.7 Å². The second-order valence-electron chi connectivity index (χ2n) is 3.64. The molecule has 2 rings (SSSR count). The minimum absolute atomic E-state index is 0.449. The van der Waals surface area contributed by atoms with E-state index in [1.807, 2.05) is 18.3 Å². The predicted molar refractivity (Wildman–Crippen MR) is 64.2 cm³/mol. The summed E-state index contributed by atoms with van der Waals surface area (Å²) in [5.41, 5.74) is 0. The van der Waals surface area contributed by atoms with Crippen LogP contribution in [0.2, 0.25) is 0 Å². The number of halogens is 1. The fourth-order valence-electron chi connectivity index (χ4n) is 1.86. The molecular formula is C11H15BrN2O. The van der Waals surface area contributed by atoms with Crippen LogP contribution in [0.15, 0.2) is 22.8 Å². The third kappa shape index (κ3) is 2.32. The number of hydrogen-bond donors (Lipinski definition) is 0. The molecular weight excluding hydrogens is 256 g/mol. The molecule has 0 spiro atoms. The summed E-state index contributed by atoms with van der Waals surface area (Å²) in [4.78, 5) is 6.75. The van der Waals surface area contributed by atoms with Crippen molar-refractivity contribution in [1.29, 1.82) is 0 Å². The Morgan fingerprint density at radius 2 is 2.53 bits per heavy atom. The topological polar surface area (TPSA) is 25.4 Å². The van der Waals surface area contributed by atoms with E-state index >= 15 is 0 Å². The van der Waals surface area contributed by atoms with Gasteiger partial charge in [-0.1, -0.05) is 6.92 Å². The summed E-state index contributed by atoms with van der Waals surface area (Å²) < 4.78 is 6.54. The average molecular weight is 271 g/mol. The Kier molecular flexibility index (Phi) is 3.59. The quantitative estimate of drug-likeness (QED) is 0.826. The lowest BCUT2D eigenvalue weighted by Gasteiger charge is -2.36. The molecule has 0 aliphatic carbocycles. The maximum Gasteiger partial charge on any atom is 0.143 e. The van der Waals surface area contributed by atoms with E-state index in [-0.39, 0.29) is 0 Å². The van der Waals surface area contributed by atoms with Crippen LogP contribution >= 0.6 is 15.9 Å². The summed E-state index contributed by atoms with van der Waals surface area (Å²) in [5.74, 6) is 1.03. The molecule has 0 N–H and O–H groups in total. The van der Waals surface area contributed by atoms with E-state index in [9.17, 15) is 0 Å². The molecule has 0 saturated carbocycles. The van der Waals surface area contributed by atoms with Crippen LogP contribution in [-0.4, -0.2) is 30.8 Å². The Bertz CT molecular complexity index is 332. The van der Waals surface area contributed by atoms with E-state index in [1.165, 1.54) is 0 Å². The molecule has 4 heteroatoms. The van der Waals surface area contributed by atoms with Gasteiger partial charge in [-0.25, -0.2) is 4.98 Å². The minimum Gasteiger partial charge on any atom is -0.377 e. The number of morpholine rings is 1. The Hall–Kier alpha value is -0.610. The van der Waals surface area contributed by atoms with Crippen molar-refractivity contribution < 1.29 is 4.74 Å². The van der Waals surface area contributed by atoms with Gasteiger partial charge in [-0.05, 0) is 34.5 Å². The van der Waals surface area contributed by atoms with Crippen molar-refractivity contribution in [3.63, 3.8) is 0 Å². The summed E-state index contributed by atoms with van der Waals surface area (Å²) in [6.45, 7) is 4.70. The van der Waals surface area contributed by atoms with Gasteiger partial charge in [0, 0.05) is 12.7 Å². The molecule has 0 radical (unpaired) electrons. The molecule has 1 aromatic rings. The zero-order valence-corrected chi connectivity index (χ0v) is 10.4. The summed E-state index contributed by atoms with van der Waals surface area (Å²) in [6.07, 6.45) is 2.92. The average Bonchev–Trinajstić information content (AvgIpc) is 2.30. The number of aromatic nitrogens is 1. The minimum atomic E-state index is 0.449. The van der Waals surface area contributed by atoms with Gasteiger partial charge in [-0.2, -0.15) is 0 Å². The molecule has 1 aliphatic rings. The highest BCUT2D eigenvalue weighted by molar-refractivity contribution is 9.10. The van der Waals surface area contributed by atoms with Crippen LogP contribution < -0.4 is 4.90 Å². The standard InChI is InChI=1S/C11H15BrN2O/c1-2-9-8-15-7-6-14(9)11-10(12)4-3-5-13-11/h3-5,9H,2,6-8H2,1H3. The van der Waals surface area contributed by atoms with Gasteiger partial charge in [-0.3, -0.25) is 0 Å². The number of nitrogens with zero attached hydrogens (tertiary/aromatic N) is 2. The number of hydrogen-bond acceptors (Lipinski definition) is 3. The zero-order valence-electron chi connectivity index (χ0n) is 8.82. The van der Waals surface area contributed by atoms with E-state index in [0.29, 0.717) is 6.04 Å². The van der Waals surface area contributed by atoms with Crippen molar-refractivity contribution in [2.24, 2.45) is 0 Å². The second-order valence-corrected chi connectivity index (χ2v) is 4.49. The Morgan fingerprint density at radius 1 is 1.67 bits per heavy atom. The molecule has 2 heterocycles. The van der Waals surface area contributed by atoms with Crippen molar-refractivity contribution in [3.05, 3.63) is 22.8 Å². The molecule has 15 heavy (non-hydrogen) atoms. The lowest BCUT2D eigenvalue weighted by Crippen LogP contribution is -2.45. The first-order chi connectivity index (χ1) is 7.33. The highest BCUT2D eigenvalue weighted by atomic mass is 79.9. The van der Waals surface area contributed by atoms with Crippen molar-refractivity contribution in [3.8, 4) is 0 Å². The van der Waals surface area contributed by atoms with Crippen molar-refractivity contribution in [1.82, 2.24) is 4.98 Å². The van der Waals surface area contributed by atoms with Crippen molar-refractivity contribution in [2.75, 3.05) is 24.7 Å². The number of pyridine rings is 1. The van der Waals surface area contributed by atoms with Crippen LogP contribution in [0, 0.1) is 0 Å². The van der Waals surface area contributed by atoms with Gasteiger partial charge in [0.25, 0.3) is 0 Å². The molecule has 1 unspecified atom stereocenters. The maximum atomic E-state index is 5.48. The first kappa shape index (κ1) is 10.9. The summed E-state index contributed by atoms with van der Waals surface area (Å²) in [7, 11) is 0. The summed E-state index contributed by atoms with van der Waals surface area (Å²) >= 11 is 3.54. The maximum absolute atomic E-state index is 5.48. The Morgan fingerprint density at radius 3 is 3.27 bits per heavy atom. The molecule has 0 amide bonds. The van der Waals surface area contributed by atoms with Gasteiger partial charge in [0.1, 0.15) is 5.82 Å². The Balaban J connectivity index is 2.24. The van der Waals surface area contributed by atoms with E-state index in [1.54, 1.807) is 0 Å². The third-order valence-corrected chi connectivity index (χ3v) is 3.33. The van der Waals surface area contributed by atoms with Gasteiger partial charge in [0.2, 0.25) is 0 Å². The normalized spacial score (nSPS) is 21.7. The van der Waals surface area contributed by atoms with Crippen LogP contribution in [-0.2, 0) is 4.74 Å². The van der Waals surface area contributed by atoms with Gasteiger partial charge >= 0.3 is 0 Å². The highest BCUT2D eigenvalue weighted by Gasteiger charge is 2.23. The van der Waals surface area contributed by atoms with Gasteiger partial charge < -0.3 is 9.64 Å². The fraction of sp³-hybridized carbons (Fsp3) is 0.545. The van der Waals surface area contributed by atoms with Crippen LogP contribution in [0.4, 0.5) is 5.82 Å². The second kappa shape index (κ2) is 4.94. The first-order valence-corrected chi connectivity index (χ1v) is 6.07. The summed E-state index contributed by atoms with van der Waals surface area (Å²) in [5, 5.41) is 0. The SMILES string of the molecule is CCC1COCCN1c1ncccc1Br. The van der Waals surface area contributed by atoms with Crippen LogP contribution in [0.25, 0.3) is 0 Å². The number of ether oxygens (including phenoxy) is 1. The molecule has 0 bridgehead atoms. The fourth-order valence-corrected chi connectivity index (χ4v) is 2.34. The van der Waals surface area contributed by atoms with Gasteiger partial charge in [0.15, 0.2) is 0 Å². The first-order valence-electron chi connectivity index (χ1n) is 5.28. The lowest BCUT2D eigenvalue weighted by atomic mass is 10.2. The van der Waals surface area contributed by atoms with E-state index in [4.69, 9.17) is 4.74 Å². The molecule has 1 atom stereocenters. The van der Waals surface area contributed by atoms with E-state index in [2.05, 4.69) is 32.7 Å². The Labute approximate surface area is 98.6 Å². The van der Waals surface area contributed by atoms with Gasteiger partial charge in [-0.15, -0.1) is 0 Å². The zero-order chi connectivity index (χ0) is 10.7. The number of anilines is 1. The van der Waals surface area contributed by atoms with Crippen LogP contribution in [0.1, 0.15) is 13.3 Å². The van der Waals surface area contributed by atoms with Crippen LogP contribution in [0.3, 0.4) is 0 Å². The molecule has 1 fully saturated rings. The lowest BCUT2D eigenvalue weighted by molar-refractivity contribution is 0.0925. The molecule has 1 aromatic heterocycles. The summed E-state index contributed by atoms with van der Waals surface area (Å²) in [6, 6.07) is 4.42. The predicted octanol–water partition coefficient (Wildman–Crippen LogP) is 2.46. The number of rotatable bonds is 2. The molecule has 1 aliphatic heterocycles. The van der Waals surface area contributed by atoms with Crippen LogP contribution in [0.5, 0.6) is 0 Å².